The van der Waals surface area contributed by atoms with Crippen molar-refractivity contribution in [2.24, 2.45) is 0 Å². The molecular formula is C8H4ClN3O3. The Morgan fingerprint density at radius 2 is 2.27 bits per heavy atom. The Morgan fingerprint density at radius 1 is 1.60 bits per heavy atom. The summed E-state index contributed by atoms with van der Waals surface area (Å²) in [6.07, 6.45) is 0.341. The van der Waals surface area contributed by atoms with Crippen molar-refractivity contribution in [1.29, 1.82) is 5.26 Å². The van der Waals surface area contributed by atoms with Crippen LogP contribution in [0.2, 0.25) is 5.02 Å². The third-order valence-electron chi connectivity index (χ3n) is 1.61. The van der Waals surface area contributed by atoms with E-state index in [9.17, 15) is 14.9 Å². The number of hydrogen-bond acceptors (Lipinski definition) is 4. The smallest absolute Gasteiger partial charge is 0.272 e. The second-order valence-electron chi connectivity index (χ2n) is 2.48. The zero-order valence-electron chi connectivity index (χ0n) is 7.23. The summed E-state index contributed by atoms with van der Waals surface area (Å²) in [5, 5.41) is 21.3. The lowest BCUT2D eigenvalue weighted by Crippen LogP contribution is -1.99. The highest BCUT2D eigenvalue weighted by Gasteiger charge is 2.14. The Bertz CT molecular complexity index is 467. The van der Waals surface area contributed by atoms with Crippen molar-refractivity contribution in [1.82, 2.24) is 0 Å². The number of rotatable bonds is 3. The number of nitro groups is 1. The summed E-state index contributed by atoms with van der Waals surface area (Å²) >= 11 is 5.66. The van der Waals surface area contributed by atoms with Crippen LogP contribution < -0.4 is 5.32 Å². The largest absolute Gasteiger partial charge is 0.326 e. The standard InChI is InChI=1S/C8H4ClN3O3/c9-7-2-6(12(14)15)1-5(3-10)8(7)11-4-13/h1-2,4H,(H,11,13). The molecule has 1 rings (SSSR count). The van der Waals surface area contributed by atoms with Gasteiger partial charge in [-0.1, -0.05) is 11.6 Å². The van der Waals surface area contributed by atoms with Crippen LogP contribution >= 0.6 is 11.6 Å². The third-order valence-corrected chi connectivity index (χ3v) is 1.91. The van der Waals surface area contributed by atoms with Crippen molar-refractivity contribution in [2.45, 2.75) is 0 Å². The number of amides is 1. The van der Waals surface area contributed by atoms with Gasteiger partial charge in [-0.15, -0.1) is 0 Å². The van der Waals surface area contributed by atoms with E-state index in [2.05, 4.69) is 5.32 Å². The summed E-state index contributed by atoms with van der Waals surface area (Å²) in [6.45, 7) is 0. The first kappa shape index (κ1) is 10.9. The minimum Gasteiger partial charge on any atom is -0.326 e. The number of carbonyl (C=O) groups is 1. The molecule has 6 nitrogen and oxygen atoms in total. The number of halogens is 1. The van der Waals surface area contributed by atoms with Crippen molar-refractivity contribution in [3.63, 3.8) is 0 Å². The molecule has 0 aliphatic heterocycles. The van der Waals surface area contributed by atoms with Crippen molar-refractivity contribution in [2.75, 3.05) is 5.32 Å². The summed E-state index contributed by atoms with van der Waals surface area (Å²) < 4.78 is 0. The first-order valence-corrected chi connectivity index (χ1v) is 4.06. The molecule has 1 aromatic rings. The number of nitriles is 1. The van der Waals surface area contributed by atoms with Gasteiger partial charge in [0.05, 0.1) is 21.2 Å². The highest BCUT2D eigenvalue weighted by atomic mass is 35.5. The average molecular weight is 226 g/mol. The molecule has 0 saturated heterocycles. The lowest BCUT2D eigenvalue weighted by atomic mass is 10.1. The van der Waals surface area contributed by atoms with Gasteiger partial charge in [-0.25, -0.2) is 0 Å². The maximum Gasteiger partial charge on any atom is 0.272 e. The number of hydrogen-bond donors (Lipinski definition) is 1. The van der Waals surface area contributed by atoms with E-state index in [0.717, 1.165) is 12.1 Å². The molecule has 0 aliphatic carbocycles. The zero-order chi connectivity index (χ0) is 11.4. The SMILES string of the molecule is N#Cc1cc([N+](=O)[O-])cc(Cl)c1NC=O. The second-order valence-corrected chi connectivity index (χ2v) is 2.89. The number of nitrogens with one attached hydrogen (secondary N) is 1. The van der Waals surface area contributed by atoms with Crippen LogP contribution in [0.3, 0.4) is 0 Å². The van der Waals surface area contributed by atoms with E-state index in [0.29, 0.717) is 6.41 Å². The second kappa shape index (κ2) is 4.39. The third kappa shape index (κ3) is 2.21. The predicted octanol–water partition coefficient (Wildman–Crippen LogP) is 1.69. The molecule has 0 radical (unpaired) electrons. The van der Waals surface area contributed by atoms with E-state index >= 15 is 0 Å². The molecule has 1 N–H and O–H groups in total. The number of non-ortho nitro benzene ring substituents is 1. The van der Waals surface area contributed by atoms with E-state index in [-0.39, 0.29) is 22.0 Å². The Kier molecular flexibility index (Phi) is 3.21. The maximum absolute atomic E-state index is 10.4. The topological polar surface area (TPSA) is 96.0 Å². The van der Waals surface area contributed by atoms with Crippen LogP contribution in [0.1, 0.15) is 5.56 Å². The van der Waals surface area contributed by atoms with Crippen LogP contribution in [0.4, 0.5) is 11.4 Å². The number of benzene rings is 1. The molecule has 0 aliphatic rings. The monoisotopic (exact) mass is 225 g/mol. The minimum absolute atomic E-state index is 0.0483. The molecule has 0 spiro atoms. The maximum atomic E-state index is 10.4. The first-order chi connectivity index (χ1) is 7.10. The van der Waals surface area contributed by atoms with Gasteiger partial charge in [0, 0.05) is 12.1 Å². The number of anilines is 1. The van der Waals surface area contributed by atoms with Crippen molar-refractivity contribution in [3.05, 3.63) is 32.8 Å². The lowest BCUT2D eigenvalue weighted by Gasteiger charge is -2.03. The van der Waals surface area contributed by atoms with Gasteiger partial charge in [-0.2, -0.15) is 5.26 Å². The van der Waals surface area contributed by atoms with E-state index in [4.69, 9.17) is 16.9 Å². The fourth-order valence-corrected chi connectivity index (χ4v) is 1.26. The molecule has 15 heavy (non-hydrogen) atoms. The van der Waals surface area contributed by atoms with Crippen LogP contribution in [0.15, 0.2) is 12.1 Å². The van der Waals surface area contributed by atoms with Gasteiger partial charge < -0.3 is 5.32 Å². The molecule has 1 aromatic carbocycles. The van der Waals surface area contributed by atoms with Gasteiger partial charge in [0.25, 0.3) is 5.69 Å². The quantitative estimate of drug-likeness (QED) is 0.481. The Hall–Kier alpha value is -2.13. The van der Waals surface area contributed by atoms with Gasteiger partial charge in [0.1, 0.15) is 6.07 Å². The van der Waals surface area contributed by atoms with Gasteiger partial charge in [0.2, 0.25) is 6.41 Å². The lowest BCUT2D eigenvalue weighted by molar-refractivity contribution is -0.384. The number of nitrogens with zero attached hydrogens (tertiary/aromatic N) is 2. The molecule has 0 heterocycles. The summed E-state index contributed by atoms with van der Waals surface area (Å²) in [7, 11) is 0. The normalized spacial score (nSPS) is 9.07. The van der Waals surface area contributed by atoms with E-state index in [1.54, 1.807) is 6.07 Å². The number of nitro benzene ring substituents is 1. The molecule has 0 fully saturated rings. The highest BCUT2D eigenvalue weighted by Crippen LogP contribution is 2.30. The molecule has 0 unspecified atom stereocenters. The zero-order valence-corrected chi connectivity index (χ0v) is 7.99. The molecule has 0 atom stereocenters. The van der Waals surface area contributed by atoms with E-state index < -0.39 is 4.92 Å². The van der Waals surface area contributed by atoms with Crippen LogP contribution in [0, 0.1) is 21.4 Å². The van der Waals surface area contributed by atoms with Crippen LogP contribution in [-0.4, -0.2) is 11.3 Å². The molecule has 76 valence electrons. The predicted molar refractivity (Wildman–Crippen MR) is 52.5 cm³/mol. The van der Waals surface area contributed by atoms with Gasteiger partial charge in [0.15, 0.2) is 0 Å². The minimum atomic E-state index is -0.669. The van der Waals surface area contributed by atoms with Crippen molar-refractivity contribution in [3.8, 4) is 6.07 Å². The van der Waals surface area contributed by atoms with E-state index in [1.807, 2.05) is 0 Å². The van der Waals surface area contributed by atoms with Gasteiger partial charge >= 0.3 is 0 Å². The Labute approximate surface area is 89.2 Å². The summed E-state index contributed by atoms with van der Waals surface area (Å²) in [5.41, 5.74) is -0.283. The summed E-state index contributed by atoms with van der Waals surface area (Å²) in [5.74, 6) is 0. The van der Waals surface area contributed by atoms with Crippen molar-refractivity contribution < 1.29 is 9.72 Å². The molecule has 7 heteroatoms. The van der Waals surface area contributed by atoms with E-state index in [1.165, 1.54) is 0 Å². The Morgan fingerprint density at radius 3 is 2.73 bits per heavy atom. The number of carbonyl (C=O) groups excluding carboxylic acids is 1. The van der Waals surface area contributed by atoms with Gasteiger partial charge in [-0.3, -0.25) is 14.9 Å². The van der Waals surface area contributed by atoms with Gasteiger partial charge in [-0.05, 0) is 0 Å². The van der Waals surface area contributed by atoms with Crippen LogP contribution in [-0.2, 0) is 4.79 Å². The Balaban J connectivity index is 3.38. The average Bonchev–Trinajstić information content (AvgIpc) is 2.20. The van der Waals surface area contributed by atoms with Crippen molar-refractivity contribution >= 4 is 29.4 Å². The molecule has 0 aromatic heterocycles. The molecule has 1 amide bonds. The van der Waals surface area contributed by atoms with Crippen LogP contribution in [0.5, 0.6) is 0 Å². The fourth-order valence-electron chi connectivity index (χ4n) is 0.992. The first-order valence-electron chi connectivity index (χ1n) is 3.68. The summed E-state index contributed by atoms with van der Waals surface area (Å²) in [4.78, 5) is 20.0. The molecule has 0 saturated carbocycles. The van der Waals surface area contributed by atoms with Crippen LogP contribution in [0.25, 0.3) is 0 Å². The highest BCUT2D eigenvalue weighted by molar-refractivity contribution is 6.34. The fraction of sp³-hybridized carbons (Fsp3) is 0. The summed E-state index contributed by atoms with van der Waals surface area (Å²) in [6, 6.07) is 3.81. The molecule has 0 bridgehead atoms. The molecular weight excluding hydrogens is 222 g/mol.